The highest BCUT2D eigenvalue weighted by Crippen LogP contribution is 2.26. The standard InChI is InChI=1S/C16H23N5O/c1-20(2)13-9-5-4-8-12(13)18-15-14-11(7-6-10-17-14)16(22)21(3)19-15/h6-7,10,12-13H,4-5,8-9H2,1-3H3,(H,18,19)/t12-,13+/m1/s1. The molecular weight excluding hydrogens is 278 g/mol. The lowest BCUT2D eigenvalue weighted by Crippen LogP contribution is -2.45. The maximum Gasteiger partial charge on any atom is 0.276 e. The van der Waals surface area contributed by atoms with Gasteiger partial charge in [-0.05, 0) is 39.1 Å². The van der Waals surface area contributed by atoms with Crippen molar-refractivity contribution in [2.24, 2.45) is 7.05 Å². The Morgan fingerprint density at radius 1 is 1.32 bits per heavy atom. The Labute approximate surface area is 130 Å². The van der Waals surface area contributed by atoms with Gasteiger partial charge in [-0.25, -0.2) is 4.68 Å². The Bertz CT molecular complexity index is 724. The molecule has 1 saturated carbocycles. The van der Waals surface area contributed by atoms with Gasteiger partial charge in [0.15, 0.2) is 5.82 Å². The molecule has 118 valence electrons. The highest BCUT2D eigenvalue weighted by atomic mass is 16.1. The fourth-order valence-corrected chi connectivity index (χ4v) is 3.35. The monoisotopic (exact) mass is 301 g/mol. The summed E-state index contributed by atoms with van der Waals surface area (Å²) < 4.78 is 1.39. The predicted molar refractivity (Wildman–Crippen MR) is 88.1 cm³/mol. The van der Waals surface area contributed by atoms with Crippen molar-refractivity contribution in [3.8, 4) is 0 Å². The molecule has 1 aliphatic carbocycles. The third kappa shape index (κ3) is 2.70. The topological polar surface area (TPSA) is 63.1 Å². The van der Waals surface area contributed by atoms with Crippen molar-refractivity contribution in [1.82, 2.24) is 19.7 Å². The normalized spacial score (nSPS) is 22.2. The maximum absolute atomic E-state index is 12.2. The van der Waals surface area contributed by atoms with Gasteiger partial charge in [-0.15, -0.1) is 0 Å². The molecule has 0 amide bonds. The van der Waals surface area contributed by atoms with Crippen LogP contribution in [0.15, 0.2) is 23.1 Å². The molecule has 2 aromatic rings. The first kappa shape index (κ1) is 15.0. The van der Waals surface area contributed by atoms with Gasteiger partial charge in [-0.3, -0.25) is 9.78 Å². The van der Waals surface area contributed by atoms with Crippen LogP contribution in [0.4, 0.5) is 5.82 Å². The fourth-order valence-electron chi connectivity index (χ4n) is 3.35. The fraction of sp³-hybridized carbons (Fsp3) is 0.562. The third-order valence-electron chi connectivity index (χ3n) is 4.52. The van der Waals surface area contributed by atoms with Gasteiger partial charge in [0, 0.05) is 25.3 Å². The molecule has 0 saturated heterocycles. The molecule has 6 heteroatoms. The summed E-state index contributed by atoms with van der Waals surface area (Å²) in [4.78, 5) is 18.8. The number of likely N-dealkylation sites (N-methyl/N-ethyl adjacent to an activating group) is 1. The van der Waals surface area contributed by atoms with E-state index in [4.69, 9.17) is 0 Å². The SMILES string of the molecule is CN(C)[C@H]1CCCC[C@H]1Nc1nn(C)c(=O)c2cccnc12. The lowest BCUT2D eigenvalue weighted by atomic mass is 9.89. The number of pyridine rings is 1. The van der Waals surface area contributed by atoms with Gasteiger partial charge in [-0.2, -0.15) is 5.10 Å². The summed E-state index contributed by atoms with van der Waals surface area (Å²) in [6, 6.07) is 4.41. The van der Waals surface area contributed by atoms with E-state index in [-0.39, 0.29) is 5.56 Å². The molecule has 3 rings (SSSR count). The number of anilines is 1. The number of hydrogen-bond acceptors (Lipinski definition) is 5. The van der Waals surface area contributed by atoms with Crippen LogP contribution in [-0.4, -0.2) is 45.8 Å². The zero-order chi connectivity index (χ0) is 15.7. The van der Waals surface area contributed by atoms with E-state index in [0.29, 0.717) is 28.8 Å². The van der Waals surface area contributed by atoms with E-state index < -0.39 is 0 Å². The minimum absolute atomic E-state index is 0.110. The van der Waals surface area contributed by atoms with Gasteiger partial charge in [0.05, 0.1) is 5.39 Å². The number of aromatic nitrogens is 3. The third-order valence-corrected chi connectivity index (χ3v) is 4.52. The van der Waals surface area contributed by atoms with Gasteiger partial charge in [0.25, 0.3) is 5.56 Å². The Morgan fingerprint density at radius 3 is 2.86 bits per heavy atom. The minimum Gasteiger partial charge on any atom is -0.363 e. The van der Waals surface area contributed by atoms with Crippen LogP contribution in [0.5, 0.6) is 0 Å². The minimum atomic E-state index is -0.110. The molecule has 0 radical (unpaired) electrons. The second-order valence-corrected chi connectivity index (χ2v) is 6.24. The Balaban J connectivity index is 2.00. The van der Waals surface area contributed by atoms with E-state index >= 15 is 0 Å². The molecule has 2 aromatic heterocycles. The summed E-state index contributed by atoms with van der Waals surface area (Å²) in [5.74, 6) is 0.705. The van der Waals surface area contributed by atoms with Crippen molar-refractivity contribution in [2.75, 3.05) is 19.4 Å². The van der Waals surface area contributed by atoms with Crippen molar-refractivity contribution < 1.29 is 0 Å². The van der Waals surface area contributed by atoms with Gasteiger partial charge < -0.3 is 10.2 Å². The summed E-state index contributed by atoms with van der Waals surface area (Å²) in [6.07, 6.45) is 6.49. The molecule has 6 nitrogen and oxygen atoms in total. The summed E-state index contributed by atoms with van der Waals surface area (Å²) in [6.45, 7) is 0. The van der Waals surface area contributed by atoms with E-state index in [9.17, 15) is 4.79 Å². The summed E-state index contributed by atoms with van der Waals surface area (Å²) in [5.41, 5.74) is 0.551. The molecular formula is C16H23N5O. The largest absolute Gasteiger partial charge is 0.363 e. The second kappa shape index (κ2) is 6.04. The molecule has 2 heterocycles. The van der Waals surface area contributed by atoms with E-state index in [2.05, 4.69) is 34.4 Å². The van der Waals surface area contributed by atoms with Crippen LogP contribution in [0, 0.1) is 0 Å². The van der Waals surface area contributed by atoms with Crippen LogP contribution in [-0.2, 0) is 7.05 Å². The smallest absolute Gasteiger partial charge is 0.276 e. The quantitative estimate of drug-likeness (QED) is 0.933. The molecule has 0 spiro atoms. The molecule has 0 aromatic carbocycles. The number of nitrogens with one attached hydrogen (secondary N) is 1. The molecule has 1 fully saturated rings. The lowest BCUT2D eigenvalue weighted by Gasteiger charge is -2.36. The number of hydrogen-bond donors (Lipinski definition) is 1. The summed E-state index contributed by atoms with van der Waals surface area (Å²) >= 11 is 0. The van der Waals surface area contributed by atoms with Gasteiger partial charge in [0.2, 0.25) is 0 Å². The summed E-state index contributed by atoms with van der Waals surface area (Å²) in [7, 11) is 5.93. The van der Waals surface area contributed by atoms with Crippen molar-refractivity contribution >= 4 is 16.7 Å². The van der Waals surface area contributed by atoms with E-state index in [0.717, 1.165) is 6.42 Å². The van der Waals surface area contributed by atoms with Crippen LogP contribution < -0.4 is 10.9 Å². The van der Waals surface area contributed by atoms with Crippen LogP contribution in [0.1, 0.15) is 25.7 Å². The summed E-state index contributed by atoms with van der Waals surface area (Å²) in [5, 5.41) is 8.56. The molecule has 0 bridgehead atoms. The zero-order valence-electron chi connectivity index (χ0n) is 13.4. The Morgan fingerprint density at radius 2 is 2.09 bits per heavy atom. The van der Waals surface area contributed by atoms with E-state index in [1.54, 1.807) is 19.3 Å². The molecule has 1 aliphatic rings. The van der Waals surface area contributed by atoms with Crippen LogP contribution >= 0.6 is 0 Å². The Hall–Kier alpha value is -1.95. The van der Waals surface area contributed by atoms with Crippen LogP contribution in [0.3, 0.4) is 0 Å². The van der Waals surface area contributed by atoms with E-state index in [1.165, 1.54) is 23.9 Å². The van der Waals surface area contributed by atoms with Crippen LogP contribution in [0.25, 0.3) is 10.9 Å². The molecule has 0 aliphatic heterocycles. The first-order valence-corrected chi connectivity index (χ1v) is 7.83. The van der Waals surface area contributed by atoms with Gasteiger partial charge in [-0.1, -0.05) is 12.8 Å². The van der Waals surface area contributed by atoms with Crippen molar-refractivity contribution in [3.63, 3.8) is 0 Å². The number of fused-ring (bicyclic) bond motifs is 1. The zero-order valence-corrected chi connectivity index (χ0v) is 13.4. The highest BCUT2D eigenvalue weighted by molar-refractivity contribution is 5.87. The highest BCUT2D eigenvalue weighted by Gasteiger charge is 2.27. The molecule has 1 N–H and O–H groups in total. The van der Waals surface area contributed by atoms with Gasteiger partial charge in [0.1, 0.15) is 5.52 Å². The second-order valence-electron chi connectivity index (χ2n) is 6.24. The van der Waals surface area contributed by atoms with Crippen molar-refractivity contribution in [1.29, 1.82) is 0 Å². The average molecular weight is 301 g/mol. The predicted octanol–water partition coefficient (Wildman–Crippen LogP) is 1.61. The lowest BCUT2D eigenvalue weighted by molar-refractivity contribution is 0.211. The van der Waals surface area contributed by atoms with Crippen LogP contribution in [0.2, 0.25) is 0 Å². The average Bonchev–Trinajstić information content (AvgIpc) is 2.53. The number of rotatable bonds is 3. The van der Waals surface area contributed by atoms with Gasteiger partial charge >= 0.3 is 0 Å². The first-order valence-electron chi connectivity index (χ1n) is 7.83. The number of nitrogens with zero attached hydrogens (tertiary/aromatic N) is 4. The van der Waals surface area contributed by atoms with Crippen molar-refractivity contribution in [3.05, 3.63) is 28.7 Å². The molecule has 0 unspecified atom stereocenters. The maximum atomic E-state index is 12.2. The van der Waals surface area contributed by atoms with Crippen molar-refractivity contribution in [2.45, 2.75) is 37.8 Å². The van der Waals surface area contributed by atoms with E-state index in [1.807, 2.05) is 6.07 Å². The number of aryl methyl sites for hydroxylation is 1. The molecule has 2 atom stereocenters. The Kier molecular flexibility index (Phi) is 4.11. The first-order chi connectivity index (χ1) is 10.6. The molecule has 22 heavy (non-hydrogen) atoms.